The van der Waals surface area contributed by atoms with Crippen molar-refractivity contribution in [2.24, 2.45) is 0 Å². The quantitative estimate of drug-likeness (QED) is 0.706. The Hall–Kier alpha value is -1.83. The number of aromatic nitrogens is 2. The fraction of sp³-hybridized carbons (Fsp3) is 0.545. The van der Waals surface area contributed by atoms with Crippen LogP contribution in [0.1, 0.15) is 29.8 Å². The Bertz CT molecular complexity index is 796. The molecule has 1 amide bonds. The number of hydrogen-bond donors (Lipinski definition) is 1. The number of ether oxygens (including phenoxy) is 1. The Labute approximate surface area is 177 Å². The lowest BCUT2D eigenvalue weighted by molar-refractivity contribution is -0.130. The van der Waals surface area contributed by atoms with E-state index in [0.29, 0.717) is 11.9 Å². The van der Waals surface area contributed by atoms with E-state index < -0.39 is 0 Å². The Kier molecular flexibility index (Phi) is 6.90. The lowest BCUT2D eigenvalue weighted by Crippen LogP contribution is -2.50. The van der Waals surface area contributed by atoms with E-state index in [0.717, 1.165) is 62.3 Å². The second kappa shape index (κ2) is 9.78. The van der Waals surface area contributed by atoms with E-state index >= 15 is 0 Å². The second-order valence-corrected chi connectivity index (χ2v) is 8.85. The number of benzene rings is 1. The van der Waals surface area contributed by atoms with Gasteiger partial charge >= 0.3 is 0 Å². The van der Waals surface area contributed by atoms with Gasteiger partial charge in [0, 0.05) is 51.4 Å². The molecule has 1 atom stereocenters. The Morgan fingerprint density at radius 1 is 1.24 bits per heavy atom. The molecule has 0 bridgehead atoms. The zero-order chi connectivity index (χ0) is 20.1. The van der Waals surface area contributed by atoms with E-state index in [9.17, 15) is 4.79 Å². The molecule has 6 nitrogen and oxygen atoms in total. The van der Waals surface area contributed by atoms with Crippen molar-refractivity contribution in [1.29, 1.82) is 0 Å². The molecule has 0 saturated carbocycles. The molecule has 1 aromatic carbocycles. The molecule has 3 heterocycles. The third-order valence-electron chi connectivity index (χ3n) is 5.72. The summed E-state index contributed by atoms with van der Waals surface area (Å²) >= 11 is 1.50. The number of hydrogen-bond acceptors (Lipinski definition) is 5. The molecule has 2 saturated heterocycles. The van der Waals surface area contributed by atoms with Gasteiger partial charge in [0.05, 0.1) is 17.6 Å². The maximum atomic E-state index is 12.6. The Balaban J connectivity index is 1.22. The van der Waals surface area contributed by atoms with E-state index in [2.05, 4.69) is 22.0 Å². The summed E-state index contributed by atoms with van der Waals surface area (Å²) in [5, 5.41) is 0.832. The van der Waals surface area contributed by atoms with Gasteiger partial charge in [-0.1, -0.05) is 42.1 Å². The maximum absolute atomic E-state index is 12.6. The predicted octanol–water partition coefficient (Wildman–Crippen LogP) is 2.72. The third kappa shape index (κ3) is 5.62. The number of carbonyl (C=O) groups is 1. The monoisotopic (exact) mass is 414 g/mol. The van der Waals surface area contributed by atoms with Gasteiger partial charge < -0.3 is 14.6 Å². The summed E-state index contributed by atoms with van der Waals surface area (Å²) in [5.74, 6) is 0.633. The predicted molar refractivity (Wildman–Crippen MR) is 115 cm³/mol. The van der Waals surface area contributed by atoms with Crippen molar-refractivity contribution < 1.29 is 9.53 Å². The number of nitrogens with one attached hydrogen (secondary N) is 1. The van der Waals surface area contributed by atoms with Crippen LogP contribution in [-0.2, 0) is 16.0 Å². The summed E-state index contributed by atoms with van der Waals surface area (Å²) in [6.07, 6.45) is 3.55. The summed E-state index contributed by atoms with van der Waals surface area (Å²) in [4.78, 5) is 25.1. The minimum atomic E-state index is 0.199. The number of rotatable bonds is 7. The molecule has 0 radical (unpaired) electrons. The fourth-order valence-corrected chi connectivity index (χ4v) is 4.82. The smallest absolute Gasteiger partial charge is 0.233 e. The summed E-state index contributed by atoms with van der Waals surface area (Å²) < 4.78 is 5.73. The molecular weight excluding hydrogens is 384 g/mol. The number of H-pyrrole nitrogens is 1. The van der Waals surface area contributed by atoms with Crippen LogP contribution in [0.15, 0.2) is 35.5 Å². The van der Waals surface area contributed by atoms with Gasteiger partial charge in [-0.25, -0.2) is 4.98 Å². The second-order valence-electron chi connectivity index (χ2n) is 7.88. The van der Waals surface area contributed by atoms with E-state index in [4.69, 9.17) is 9.72 Å². The number of aromatic amines is 1. The number of nitrogens with zero attached hydrogens (tertiary/aromatic N) is 3. The van der Waals surface area contributed by atoms with Crippen molar-refractivity contribution >= 4 is 17.7 Å². The molecule has 2 aromatic rings. The van der Waals surface area contributed by atoms with E-state index in [-0.39, 0.29) is 5.91 Å². The molecule has 1 aromatic heterocycles. The lowest BCUT2D eigenvalue weighted by Gasteiger charge is -2.35. The van der Waals surface area contributed by atoms with Crippen molar-refractivity contribution in [3.05, 3.63) is 47.3 Å². The summed E-state index contributed by atoms with van der Waals surface area (Å²) in [7, 11) is 0. The van der Waals surface area contributed by atoms with Gasteiger partial charge in [0.25, 0.3) is 0 Å². The number of imidazole rings is 1. The molecule has 156 valence electrons. The van der Waals surface area contributed by atoms with E-state index in [1.54, 1.807) is 0 Å². The number of aryl methyl sites for hydroxylation is 1. The first-order chi connectivity index (χ1) is 14.2. The topological polar surface area (TPSA) is 61.5 Å². The number of piperazine rings is 1. The van der Waals surface area contributed by atoms with Crippen molar-refractivity contribution in [3.63, 3.8) is 0 Å². The van der Waals surface area contributed by atoms with Gasteiger partial charge in [0.15, 0.2) is 5.16 Å². The van der Waals surface area contributed by atoms with Crippen LogP contribution in [0.4, 0.5) is 0 Å². The highest BCUT2D eigenvalue weighted by molar-refractivity contribution is 7.99. The van der Waals surface area contributed by atoms with Gasteiger partial charge in [-0.15, -0.1) is 0 Å². The Morgan fingerprint density at radius 2 is 2.03 bits per heavy atom. The molecule has 4 rings (SSSR count). The zero-order valence-corrected chi connectivity index (χ0v) is 17.9. The number of amides is 1. The highest BCUT2D eigenvalue weighted by atomic mass is 32.2. The Morgan fingerprint density at radius 3 is 2.76 bits per heavy atom. The summed E-state index contributed by atoms with van der Waals surface area (Å²) in [6.45, 7) is 7.45. The van der Waals surface area contributed by atoms with Crippen LogP contribution in [-0.4, -0.2) is 76.9 Å². The molecule has 2 fully saturated rings. The highest BCUT2D eigenvalue weighted by Gasteiger charge is 2.25. The van der Waals surface area contributed by atoms with Gasteiger partial charge in [0.2, 0.25) is 5.91 Å². The van der Waals surface area contributed by atoms with Gasteiger partial charge in [-0.2, -0.15) is 0 Å². The minimum absolute atomic E-state index is 0.199. The molecule has 2 aliphatic rings. The normalized spacial score (nSPS) is 20.3. The van der Waals surface area contributed by atoms with Crippen molar-refractivity contribution in [1.82, 2.24) is 19.8 Å². The lowest BCUT2D eigenvalue weighted by atomic mass is 10.1. The van der Waals surface area contributed by atoms with E-state index in [1.807, 2.05) is 30.0 Å². The number of thioether (sulfide) groups is 1. The molecule has 1 N–H and O–H groups in total. The molecule has 1 unspecified atom stereocenters. The zero-order valence-electron chi connectivity index (χ0n) is 17.1. The standard InChI is InChI=1S/C22H30N4O2S/c1-17-20(14-18-6-3-2-4-7-18)24-22(23-17)29-16-21(27)26-11-9-25(10-12-26)15-19-8-5-13-28-19/h2-4,6-7,19H,5,8-16H2,1H3,(H,23,24). The number of carbonyl (C=O) groups excluding carboxylic acids is 1. The molecule has 0 aliphatic carbocycles. The van der Waals surface area contributed by atoms with Crippen molar-refractivity contribution in [2.75, 3.05) is 45.1 Å². The minimum Gasteiger partial charge on any atom is -0.377 e. The SMILES string of the molecule is Cc1[nH]c(SCC(=O)N2CCN(CC3CCCO3)CC2)nc1Cc1ccccc1. The van der Waals surface area contributed by atoms with Crippen LogP contribution >= 0.6 is 11.8 Å². The first kappa shape index (κ1) is 20.4. The average Bonchev–Trinajstić information content (AvgIpc) is 3.37. The van der Waals surface area contributed by atoms with Gasteiger partial charge in [-0.05, 0) is 25.3 Å². The molecule has 7 heteroatoms. The van der Waals surface area contributed by atoms with Crippen LogP contribution in [0.3, 0.4) is 0 Å². The summed E-state index contributed by atoms with van der Waals surface area (Å²) in [6, 6.07) is 10.3. The van der Waals surface area contributed by atoms with Crippen molar-refractivity contribution in [2.45, 2.75) is 37.4 Å². The first-order valence-electron chi connectivity index (χ1n) is 10.5. The largest absolute Gasteiger partial charge is 0.377 e. The molecular formula is C22H30N4O2S. The van der Waals surface area contributed by atoms with Crippen LogP contribution in [0.25, 0.3) is 0 Å². The molecule has 2 aliphatic heterocycles. The average molecular weight is 415 g/mol. The van der Waals surface area contributed by atoms with Gasteiger partial charge in [-0.3, -0.25) is 9.69 Å². The van der Waals surface area contributed by atoms with Crippen LogP contribution in [0.5, 0.6) is 0 Å². The fourth-order valence-electron chi connectivity index (χ4n) is 3.97. The molecule has 29 heavy (non-hydrogen) atoms. The summed E-state index contributed by atoms with van der Waals surface area (Å²) in [5.41, 5.74) is 3.37. The highest BCUT2D eigenvalue weighted by Crippen LogP contribution is 2.20. The van der Waals surface area contributed by atoms with Gasteiger partial charge in [0.1, 0.15) is 0 Å². The van der Waals surface area contributed by atoms with Crippen molar-refractivity contribution in [3.8, 4) is 0 Å². The molecule has 0 spiro atoms. The maximum Gasteiger partial charge on any atom is 0.233 e. The van der Waals surface area contributed by atoms with Crippen LogP contribution in [0, 0.1) is 6.92 Å². The van der Waals surface area contributed by atoms with E-state index in [1.165, 1.54) is 30.2 Å². The first-order valence-corrected chi connectivity index (χ1v) is 11.5. The third-order valence-corrected chi connectivity index (χ3v) is 6.58. The van der Waals surface area contributed by atoms with Crippen LogP contribution < -0.4 is 0 Å². The van der Waals surface area contributed by atoms with Crippen LogP contribution in [0.2, 0.25) is 0 Å².